The highest BCUT2D eigenvalue weighted by atomic mass is 79.9. The van der Waals surface area contributed by atoms with E-state index in [0.29, 0.717) is 19.5 Å². The highest BCUT2D eigenvalue weighted by Gasteiger charge is 2.44. The summed E-state index contributed by atoms with van der Waals surface area (Å²) >= 11 is 3.54. The average molecular weight is 431 g/mol. The van der Waals surface area contributed by atoms with Crippen molar-refractivity contribution in [2.45, 2.75) is 31.6 Å². The standard InChI is InChI=1S/C17H27BrN4O2S/c1-3-19-16(20-10-5-11-22-25(2,23)24)21-13-17(8-9-17)14-6-4-7-15(18)12-14/h4,6-7,12,22H,3,5,8-11,13H2,1-2H3,(H2,19,20,21). The second-order valence-corrected chi connectivity index (χ2v) is 9.18. The Morgan fingerprint density at radius 3 is 2.64 bits per heavy atom. The number of rotatable bonds is 9. The normalized spacial score (nSPS) is 16.5. The van der Waals surface area contributed by atoms with Crippen LogP contribution in [0.3, 0.4) is 0 Å². The van der Waals surface area contributed by atoms with Crippen LogP contribution in [0.2, 0.25) is 0 Å². The van der Waals surface area contributed by atoms with Gasteiger partial charge >= 0.3 is 0 Å². The van der Waals surface area contributed by atoms with E-state index in [1.165, 1.54) is 11.8 Å². The van der Waals surface area contributed by atoms with Crippen molar-refractivity contribution < 1.29 is 8.42 Å². The lowest BCUT2D eigenvalue weighted by Crippen LogP contribution is -2.39. The SMILES string of the molecule is CCNC(=NCC1(c2cccc(Br)c2)CC1)NCCCNS(C)(=O)=O. The molecule has 0 spiro atoms. The number of guanidine groups is 1. The molecule has 0 aliphatic heterocycles. The largest absolute Gasteiger partial charge is 0.357 e. The molecule has 0 heterocycles. The zero-order valence-corrected chi connectivity index (χ0v) is 17.2. The van der Waals surface area contributed by atoms with Crippen LogP contribution in [0.1, 0.15) is 31.7 Å². The van der Waals surface area contributed by atoms with Gasteiger partial charge in [-0.2, -0.15) is 0 Å². The van der Waals surface area contributed by atoms with Crippen LogP contribution in [0.5, 0.6) is 0 Å². The second kappa shape index (κ2) is 9.00. The number of nitrogens with one attached hydrogen (secondary N) is 3. The smallest absolute Gasteiger partial charge is 0.208 e. The molecule has 1 fully saturated rings. The quantitative estimate of drug-likeness (QED) is 0.317. The Balaban J connectivity index is 1.87. The summed E-state index contributed by atoms with van der Waals surface area (Å²) in [6.07, 6.45) is 4.19. The molecule has 1 aromatic rings. The third kappa shape index (κ3) is 6.95. The van der Waals surface area contributed by atoms with E-state index in [4.69, 9.17) is 4.99 Å². The van der Waals surface area contributed by atoms with Crippen LogP contribution in [0.15, 0.2) is 33.7 Å². The summed E-state index contributed by atoms with van der Waals surface area (Å²) in [5, 5.41) is 6.51. The monoisotopic (exact) mass is 430 g/mol. The molecule has 1 saturated carbocycles. The number of hydrogen-bond acceptors (Lipinski definition) is 3. The molecule has 0 bridgehead atoms. The van der Waals surface area contributed by atoms with Crippen LogP contribution in [-0.2, 0) is 15.4 Å². The van der Waals surface area contributed by atoms with E-state index < -0.39 is 10.0 Å². The minimum atomic E-state index is -3.12. The summed E-state index contributed by atoms with van der Waals surface area (Å²) < 4.78 is 25.7. The van der Waals surface area contributed by atoms with Crippen molar-refractivity contribution in [3.8, 4) is 0 Å². The van der Waals surface area contributed by atoms with Crippen molar-refractivity contribution in [2.24, 2.45) is 4.99 Å². The summed E-state index contributed by atoms with van der Waals surface area (Å²) in [6.45, 7) is 4.66. The molecular formula is C17H27BrN4O2S. The first-order valence-electron chi connectivity index (χ1n) is 8.57. The Morgan fingerprint density at radius 1 is 1.28 bits per heavy atom. The van der Waals surface area contributed by atoms with Crippen molar-refractivity contribution in [3.63, 3.8) is 0 Å². The average Bonchev–Trinajstić information content (AvgIpc) is 3.32. The van der Waals surface area contributed by atoms with E-state index >= 15 is 0 Å². The molecule has 1 aliphatic carbocycles. The van der Waals surface area contributed by atoms with Crippen molar-refractivity contribution >= 4 is 31.9 Å². The molecule has 0 saturated heterocycles. The first kappa shape index (κ1) is 20.2. The predicted molar refractivity (Wildman–Crippen MR) is 106 cm³/mol. The fraction of sp³-hybridized carbons (Fsp3) is 0.588. The fourth-order valence-electron chi connectivity index (χ4n) is 2.63. The van der Waals surface area contributed by atoms with Crippen LogP contribution >= 0.6 is 15.9 Å². The second-order valence-electron chi connectivity index (χ2n) is 6.43. The van der Waals surface area contributed by atoms with Gasteiger partial charge in [-0.05, 0) is 43.9 Å². The Morgan fingerprint density at radius 2 is 2.04 bits per heavy atom. The Labute approximate surface area is 159 Å². The van der Waals surface area contributed by atoms with Crippen molar-refractivity contribution in [2.75, 3.05) is 32.4 Å². The van der Waals surface area contributed by atoms with Crippen LogP contribution in [0, 0.1) is 0 Å². The first-order valence-corrected chi connectivity index (χ1v) is 11.3. The van der Waals surface area contributed by atoms with Crippen LogP contribution in [0.25, 0.3) is 0 Å². The van der Waals surface area contributed by atoms with Gasteiger partial charge in [-0.25, -0.2) is 13.1 Å². The van der Waals surface area contributed by atoms with Crippen molar-refractivity contribution in [1.82, 2.24) is 15.4 Å². The highest BCUT2D eigenvalue weighted by Crippen LogP contribution is 2.48. The van der Waals surface area contributed by atoms with Gasteiger partial charge in [0.25, 0.3) is 0 Å². The summed E-state index contributed by atoms with van der Waals surface area (Å²) in [6, 6.07) is 8.46. The molecule has 25 heavy (non-hydrogen) atoms. The number of benzene rings is 1. The van der Waals surface area contributed by atoms with E-state index in [0.717, 1.165) is 36.4 Å². The van der Waals surface area contributed by atoms with E-state index in [1.54, 1.807) is 0 Å². The third-order valence-electron chi connectivity index (χ3n) is 4.18. The minimum absolute atomic E-state index is 0.157. The summed E-state index contributed by atoms with van der Waals surface area (Å²) in [5.74, 6) is 0.781. The molecule has 1 aliphatic rings. The molecule has 0 unspecified atom stereocenters. The maximum Gasteiger partial charge on any atom is 0.208 e. The number of nitrogens with zero attached hydrogens (tertiary/aromatic N) is 1. The van der Waals surface area contributed by atoms with Gasteiger partial charge in [-0.1, -0.05) is 28.1 Å². The van der Waals surface area contributed by atoms with Gasteiger partial charge < -0.3 is 10.6 Å². The summed E-state index contributed by atoms with van der Waals surface area (Å²) in [4.78, 5) is 4.74. The first-order chi connectivity index (χ1) is 11.8. The van der Waals surface area contributed by atoms with Gasteiger partial charge in [0.15, 0.2) is 5.96 Å². The minimum Gasteiger partial charge on any atom is -0.357 e. The van der Waals surface area contributed by atoms with Crippen LogP contribution < -0.4 is 15.4 Å². The van der Waals surface area contributed by atoms with Crippen LogP contribution in [-0.4, -0.2) is 46.8 Å². The molecule has 0 atom stereocenters. The fourth-order valence-corrected chi connectivity index (χ4v) is 3.55. The molecule has 0 aromatic heterocycles. The number of halogens is 1. The third-order valence-corrected chi connectivity index (χ3v) is 5.41. The number of aliphatic imine (C=N–C) groups is 1. The molecule has 0 amide bonds. The van der Waals surface area contributed by atoms with E-state index in [2.05, 4.69) is 49.5 Å². The van der Waals surface area contributed by atoms with Crippen molar-refractivity contribution in [1.29, 1.82) is 0 Å². The maximum atomic E-state index is 11.0. The van der Waals surface area contributed by atoms with E-state index in [-0.39, 0.29) is 5.41 Å². The van der Waals surface area contributed by atoms with Gasteiger partial charge in [-0.15, -0.1) is 0 Å². The highest BCUT2D eigenvalue weighted by molar-refractivity contribution is 9.10. The van der Waals surface area contributed by atoms with Crippen molar-refractivity contribution in [3.05, 3.63) is 34.3 Å². The lowest BCUT2D eigenvalue weighted by molar-refractivity contribution is 0.584. The molecule has 2 rings (SSSR count). The van der Waals surface area contributed by atoms with E-state index in [9.17, 15) is 8.42 Å². The topological polar surface area (TPSA) is 82.6 Å². The Hall–Kier alpha value is -1.12. The van der Waals surface area contributed by atoms with Gasteiger partial charge in [0.05, 0.1) is 12.8 Å². The summed E-state index contributed by atoms with van der Waals surface area (Å²) in [7, 11) is -3.12. The predicted octanol–water partition coefficient (Wildman–Crippen LogP) is 1.98. The Kier molecular flexibility index (Phi) is 7.27. The number of sulfonamides is 1. The molecule has 3 N–H and O–H groups in total. The molecule has 6 nitrogen and oxygen atoms in total. The molecule has 1 aromatic carbocycles. The summed E-state index contributed by atoms with van der Waals surface area (Å²) in [5.41, 5.74) is 1.49. The molecule has 0 radical (unpaired) electrons. The zero-order chi connectivity index (χ0) is 18.3. The maximum absolute atomic E-state index is 11.0. The van der Waals surface area contributed by atoms with Crippen LogP contribution in [0.4, 0.5) is 0 Å². The van der Waals surface area contributed by atoms with E-state index in [1.807, 2.05) is 13.0 Å². The molecule has 8 heteroatoms. The van der Waals surface area contributed by atoms with Gasteiger partial charge in [0.1, 0.15) is 0 Å². The van der Waals surface area contributed by atoms with Gasteiger partial charge in [0.2, 0.25) is 10.0 Å². The molecular weight excluding hydrogens is 404 g/mol. The molecule has 140 valence electrons. The lowest BCUT2D eigenvalue weighted by atomic mass is 9.96. The lowest BCUT2D eigenvalue weighted by Gasteiger charge is -2.16. The number of hydrogen-bond donors (Lipinski definition) is 3. The van der Waals surface area contributed by atoms with Gasteiger partial charge in [-0.3, -0.25) is 4.99 Å². The van der Waals surface area contributed by atoms with Gasteiger partial charge in [0, 0.05) is 29.5 Å². The Bertz CT molecular complexity index is 702. The zero-order valence-electron chi connectivity index (χ0n) is 14.8.